The van der Waals surface area contributed by atoms with Crippen LogP contribution in [0.25, 0.3) is 0 Å². The summed E-state index contributed by atoms with van der Waals surface area (Å²) < 4.78 is 6.87. The summed E-state index contributed by atoms with van der Waals surface area (Å²) in [5, 5.41) is 1.22. The molecule has 0 fully saturated rings. The summed E-state index contributed by atoms with van der Waals surface area (Å²) in [4.78, 5) is 0. The molecule has 2 aromatic rings. The lowest BCUT2D eigenvalue weighted by Crippen LogP contribution is -2.29. The second-order valence-electron chi connectivity index (χ2n) is 4.52. The first kappa shape index (κ1) is 15.6. The Hall–Kier alpha value is -0.740. The van der Waals surface area contributed by atoms with Crippen molar-refractivity contribution in [2.45, 2.75) is 19.1 Å². The van der Waals surface area contributed by atoms with Gasteiger partial charge < -0.3 is 10.5 Å². The van der Waals surface area contributed by atoms with Gasteiger partial charge in [-0.3, -0.25) is 0 Å². The Morgan fingerprint density at radius 1 is 1.10 bits per heavy atom. The molecule has 0 radical (unpaired) electrons. The lowest BCUT2D eigenvalue weighted by Gasteiger charge is -2.23. The van der Waals surface area contributed by atoms with Crippen molar-refractivity contribution in [3.63, 3.8) is 0 Å². The number of benzene rings is 2. The van der Waals surface area contributed by atoms with E-state index in [1.807, 2.05) is 43.3 Å². The van der Waals surface area contributed by atoms with E-state index in [0.717, 1.165) is 10.0 Å². The van der Waals surface area contributed by atoms with Gasteiger partial charge in [-0.15, -0.1) is 0 Å². The Kier molecular flexibility index (Phi) is 5.33. The number of hydrogen-bond acceptors (Lipinski definition) is 2. The Bertz CT molecular complexity index is 587. The van der Waals surface area contributed by atoms with Gasteiger partial charge >= 0.3 is 0 Å². The molecule has 2 rings (SSSR count). The number of rotatable bonds is 4. The normalized spacial score (nSPS) is 13.8. The maximum absolute atomic E-state index is 6.17. The van der Waals surface area contributed by atoms with Crippen LogP contribution in [0.5, 0.6) is 5.75 Å². The monoisotopic (exact) mass is 373 g/mol. The summed E-state index contributed by atoms with van der Waals surface area (Å²) in [5.41, 5.74) is 6.99. The minimum absolute atomic E-state index is 0.184. The second-order valence-corrected chi connectivity index (χ2v) is 6.28. The highest BCUT2D eigenvalue weighted by Crippen LogP contribution is 2.32. The van der Waals surface area contributed by atoms with Gasteiger partial charge in [-0.05, 0) is 42.8 Å². The highest BCUT2D eigenvalue weighted by Gasteiger charge is 2.19. The maximum atomic E-state index is 6.17. The third kappa shape index (κ3) is 3.89. The zero-order valence-electron chi connectivity index (χ0n) is 10.8. The summed E-state index contributed by atoms with van der Waals surface area (Å²) in [5.74, 6) is 0.604. The first-order valence-corrected chi connectivity index (χ1v) is 7.65. The van der Waals surface area contributed by atoms with E-state index in [-0.39, 0.29) is 12.1 Å². The third-order valence-corrected chi connectivity index (χ3v) is 3.86. The minimum Gasteiger partial charge on any atom is -0.483 e. The van der Waals surface area contributed by atoms with Crippen molar-refractivity contribution >= 4 is 39.1 Å². The SMILES string of the molecule is CC(N)C(Oc1ccc(Br)cc1Cl)c1ccc(Cl)cc1. The molecule has 20 heavy (non-hydrogen) atoms. The maximum Gasteiger partial charge on any atom is 0.139 e. The van der Waals surface area contributed by atoms with Gasteiger partial charge in [0.15, 0.2) is 0 Å². The van der Waals surface area contributed by atoms with Crippen molar-refractivity contribution in [1.82, 2.24) is 0 Å². The molecule has 0 spiro atoms. The number of halogens is 3. The first-order valence-electron chi connectivity index (χ1n) is 6.10. The van der Waals surface area contributed by atoms with Crippen LogP contribution < -0.4 is 10.5 Å². The Morgan fingerprint density at radius 2 is 1.75 bits per heavy atom. The van der Waals surface area contributed by atoms with Gasteiger partial charge in [-0.25, -0.2) is 0 Å². The third-order valence-electron chi connectivity index (χ3n) is 2.82. The van der Waals surface area contributed by atoms with Gasteiger partial charge in [0.2, 0.25) is 0 Å². The molecule has 2 atom stereocenters. The average molecular weight is 375 g/mol. The molecule has 0 saturated carbocycles. The molecular formula is C15H14BrCl2NO. The Morgan fingerprint density at radius 3 is 2.30 bits per heavy atom. The molecule has 106 valence electrons. The molecule has 0 aromatic heterocycles. The van der Waals surface area contributed by atoms with E-state index in [4.69, 9.17) is 33.7 Å². The molecule has 0 aliphatic carbocycles. The molecule has 2 unspecified atom stereocenters. The summed E-state index contributed by atoms with van der Waals surface area (Å²) in [6.45, 7) is 1.89. The van der Waals surface area contributed by atoms with Crippen molar-refractivity contribution in [2.24, 2.45) is 5.73 Å². The van der Waals surface area contributed by atoms with Crippen LogP contribution in [0, 0.1) is 0 Å². The molecule has 5 heteroatoms. The zero-order valence-corrected chi connectivity index (χ0v) is 13.9. The van der Waals surface area contributed by atoms with E-state index in [0.29, 0.717) is 15.8 Å². The van der Waals surface area contributed by atoms with Crippen molar-refractivity contribution in [3.8, 4) is 5.75 Å². The fourth-order valence-corrected chi connectivity index (χ4v) is 2.68. The summed E-state index contributed by atoms with van der Waals surface area (Å²) in [6.07, 6.45) is -0.286. The molecule has 0 bridgehead atoms. The van der Waals surface area contributed by atoms with Crippen LogP contribution >= 0.6 is 39.1 Å². The van der Waals surface area contributed by atoms with Crippen molar-refractivity contribution in [3.05, 3.63) is 62.5 Å². The van der Waals surface area contributed by atoms with Crippen LogP contribution in [0.4, 0.5) is 0 Å². The Labute approximate surface area is 137 Å². The molecule has 0 aliphatic heterocycles. The fraction of sp³-hybridized carbons (Fsp3) is 0.200. The van der Waals surface area contributed by atoms with Crippen LogP contribution in [0.15, 0.2) is 46.9 Å². The van der Waals surface area contributed by atoms with E-state index in [2.05, 4.69) is 15.9 Å². The van der Waals surface area contributed by atoms with E-state index in [9.17, 15) is 0 Å². The first-order chi connectivity index (χ1) is 9.47. The van der Waals surface area contributed by atoms with Gasteiger partial charge in [0, 0.05) is 15.5 Å². The number of hydrogen-bond donors (Lipinski definition) is 1. The lowest BCUT2D eigenvalue weighted by atomic mass is 10.0. The van der Waals surface area contributed by atoms with Gasteiger partial charge in [0.05, 0.1) is 5.02 Å². The van der Waals surface area contributed by atoms with Gasteiger partial charge in [0.1, 0.15) is 11.9 Å². The summed E-state index contributed by atoms with van der Waals surface area (Å²) in [6, 6.07) is 12.7. The summed E-state index contributed by atoms with van der Waals surface area (Å²) >= 11 is 15.4. The molecular weight excluding hydrogens is 361 g/mol. The molecule has 2 nitrogen and oxygen atoms in total. The average Bonchev–Trinajstić information content (AvgIpc) is 2.39. The number of nitrogens with two attached hydrogens (primary N) is 1. The predicted molar refractivity (Wildman–Crippen MR) is 87.6 cm³/mol. The molecule has 0 aliphatic rings. The Balaban J connectivity index is 2.28. The summed E-state index contributed by atoms with van der Waals surface area (Å²) in [7, 11) is 0. The minimum atomic E-state index is -0.286. The van der Waals surface area contributed by atoms with E-state index < -0.39 is 0 Å². The standard InChI is InChI=1S/C15H14BrCl2NO/c1-9(19)15(10-2-5-12(17)6-3-10)20-14-7-4-11(16)8-13(14)18/h2-9,15H,19H2,1H3. The van der Waals surface area contributed by atoms with E-state index in [1.165, 1.54) is 0 Å². The van der Waals surface area contributed by atoms with Crippen LogP contribution in [-0.2, 0) is 0 Å². The van der Waals surface area contributed by atoms with E-state index >= 15 is 0 Å². The smallest absolute Gasteiger partial charge is 0.139 e. The van der Waals surface area contributed by atoms with Crippen molar-refractivity contribution in [2.75, 3.05) is 0 Å². The predicted octanol–water partition coefficient (Wildman–Crippen LogP) is 5.22. The van der Waals surface area contributed by atoms with E-state index in [1.54, 1.807) is 6.07 Å². The number of ether oxygens (including phenoxy) is 1. The second kappa shape index (κ2) is 6.81. The van der Waals surface area contributed by atoms with Crippen LogP contribution in [0.1, 0.15) is 18.6 Å². The van der Waals surface area contributed by atoms with Gasteiger partial charge in [-0.1, -0.05) is 51.3 Å². The quantitative estimate of drug-likeness (QED) is 0.795. The fourth-order valence-electron chi connectivity index (χ4n) is 1.84. The molecule has 0 saturated heterocycles. The van der Waals surface area contributed by atoms with Gasteiger partial charge in [0.25, 0.3) is 0 Å². The highest BCUT2D eigenvalue weighted by molar-refractivity contribution is 9.10. The molecule has 0 heterocycles. The van der Waals surface area contributed by atoms with Crippen LogP contribution in [0.2, 0.25) is 10.0 Å². The van der Waals surface area contributed by atoms with Crippen molar-refractivity contribution in [1.29, 1.82) is 0 Å². The largest absolute Gasteiger partial charge is 0.483 e. The van der Waals surface area contributed by atoms with Gasteiger partial charge in [-0.2, -0.15) is 0 Å². The zero-order chi connectivity index (χ0) is 14.7. The molecule has 0 amide bonds. The molecule has 2 N–H and O–H groups in total. The van der Waals surface area contributed by atoms with Crippen LogP contribution in [0.3, 0.4) is 0 Å². The molecule has 2 aromatic carbocycles. The highest BCUT2D eigenvalue weighted by atomic mass is 79.9. The van der Waals surface area contributed by atoms with Crippen LogP contribution in [-0.4, -0.2) is 6.04 Å². The lowest BCUT2D eigenvalue weighted by molar-refractivity contribution is 0.180. The van der Waals surface area contributed by atoms with Crippen molar-refractivity contribution < 1.29 is 4.74 Å². The topological polar surface area (TPSA) is 35.2 Å².